The Kier molecular flexibility index (Phi) is 5.43. The van der Waals surface area contributed by atoms with Gasteiger partial charge in [-0.25, -0.2) is 0 Å². The fourth-order valence-corrected chi connectivity index (χ4v) is 2.13. The molecule has 0 aliphatic heterocycles. The topological polar surface area (TPSA) is 77.3 Å². The van der Waals surface area contributed by atoms with E-state index in [1.54, 1.807) is 19.2 Å². The number of ether oxygens (including phenoxy) is 1. The minimum Gasteiger partial charge on any atom is -0.384 e. The van der Waals surface area contributed by atoms with Gasteiger partial charge in [-0.15, -0.1) is 0 Å². The van der Waals surface area contributed by atoms with E-state index in [0.717, 1.165) is 35.5 Å². The molecule has 22 heavy (non-hydrogen) atoms. The summed E-state index contributed by atoms with van der Waals surface area (Å²) in [5.74, 6) is 0. The van der Waals surface area contributed by atoms with Gasteiger partial charge in [0.2, 0.25) is 0 Å². The Morgan fingerprint density at radius 1 is 1.32 bits per heavy atom. The standard InChI is InChI=1S/C16H19N3O3/c1-12-3-4-13(10-18-12)7-8-17-16-6-5-15(19(20)21)9-14(16)11-22-2/h3-6,9-10,17H,7-8,11H2,1-2H3. The minimum atomic E-state index is -0.402. The Morgan fingerprint density at radius 2 is 2.14 bits per heavy atom. The highest BCUT2D eigenvalue weighted by Crippen LogP contribution is 2.22. The van der Waals surface area contributed by atoms with Crippen molar-refractivity contribution in [3.05, 3.63) is 63.5 Å². The van der Waals surface area contributed by atoms with E-state index >= 15 is 0 Å². The number of anilines is 1. The molecule has 0 radical (unpaired) electrons. The monoisotopic (exact) mass is 301 g/mol. The first-order valence-electron chi connectivity index (χ1n) is 7.02. The van der Waals surface area contributed by atoms with Crippen molar-refractivity contribution in [2.45, 2.75) is 20.0 Å². The van der Waals surface area contributed by atoms with Crippen LogP contribution in [0.25, 0.3) is 0 Å². The van der Waals surface area contributed by atoms with Gasteiger partial charge in [0.15, 0.2) is 0 Å². The first-order chi connectivity index (χ1) is 10.6. The maximum atomic E-state index is 10.8. The number of hydrogen-bond donors (Lipinski definition) is 1. The van der Waals surface area contributed by atoms with Crippen molar-refractivity contribution in [2.75, 3.05) is 19.0 Å². The van der Waals surface area contributed by atoms with Crippen LogP contribution in [-0.2, 0) is 17.8 Å². The highest BCUT2D eigenvalue weighted by atomic mass is 16.6. The third-order valence-corrected chi connectivity index (χ3v) is 3.30. The van der Waals surface area contributed by atoms with Gasteiger partial charge in [0, 0.05) is 48.9 Å². The normalized spacial score (nSPS) is 10.5. The molecule has 1 aromatic heterocycles. The molecule has 0 spiro atoms. The third kappa shape index (κ3) is 4.26. The smallest absolute Gasteiger partial charge is 0.269 e. The van der Waals surface area contributed by atoms with Gasteiger partial charge in [0.1, 0.15) is 0 Å². The lowest BCUT2D eigenvalue weighted by atomic mass is 10.1. The van der Waals surface area contributed by atoms with Gasteiger partial charge in [0.05, 0.1) is 11.5 Å². The molecule has 0 unspecified atom stereocenters. The maximum Gasteiger partial charge on any atom is 0.269 e. The van der Waals surface area contributed by atoms with E-state index in [1.807, 2.05) is 19.2 Å². The number of aryl methyl sites for hydroxylation is 1. The highest BCUT2D eigenvalue weighted by Gasteiger charge is 2.10. The molecular formula is C16H19N3O3. The molecule has 116 valence electrons. The van der Waals surface area contributed by atoms with Gasteiger partial charge >= 0.3 is 0 Å². The fraction of sp³-hybridized carbons (Fsp3) is 0.312. The van der Waals surface area contributed by atoms with Crippen LogP contribution in [0.2, 0.25) is 0 Å². The number of rotatable bonds is 7. The average Bonchev–Trinajstić information content (AvgIpc) is 2.50. The van der Waals surface area contributed by atoms with Crippen molar-refractivity contribution in [2.24, 2.45) is 0 Å². The zero-order chi connectivity index (χ0) is 15.9. The predicted molar refractivity (Wildman–Crippen MR) is 85.0 cm³/mol. The van der Waals surface area contributed by atoms with E-state index < -0.39 is 4.92 Å². The van der Waals surface area contributed by atoms with Crippen LogP contribution in [0.15, 0.2) is 36.5 Å². The summed E-state index contributed by atoms with van der Waals surface area (Å²) in [6.45, 7) is 3.01. The van der Waals surface area contributed by atoms with Crippen LogP contribution in [0.4, 0.5) is 11.4 Å². The molecule has 1 aromatic carbocycles. The van der Waals surface area contributed by atoms with Crippen molar-refractivity contribution in [3.63, 3.8) is 0 Å². The van der Waals surface area contributed by atoms with E-state index in [1.165, 1.54) is 6.07 Å². The van der Waals surface area contributed by atoms with Crippen molar-refractivity contribution in [1.29, 1.82) is 0 Å². The van der Waals surface area contributed by atoms with Crippen molar-refractivity contribution in [3.8, 4) is 0 Å². The number of methoxy groups -OCH3 is 1. The summed E-state index contributed by atoms with van der Waals surface area (Å²) in [6.07, 6.45) is 2.69. The molecule has 0 aliphatic carbocycles. The van der Waals surface area contributed by atoms with Gasteiger partial charge in [0.25, 0.3) is 5.69 Å². The molecule has 6 heteroatoms. The van der Waals surface area contributed by atoms with E-state index in [9.17, 15) is 10.1 Å². The van der Waals surface area contributed by atoms with Gasteiger partial charge in [-0.3, -0.25) is 15.1 Å². The summed E-state index contributed by atoms with van der Waals surface area (Å²) in [7, 11) is 1.57. The van der Waals surface area contributed by atoms with Crippen LogP contribution in [0.3, 0.4) is 0 Å². The maximum absolute atomic E-state index is 10.8. The zero-order valence-corrected chi connectivity index (χ0v) is 12.7. The van der Waals surface area contributed by atoms with Gasteiger partial charge in [-0.05, 0) is 31.0 Å². The summed E-state index contributed by atoms with van der Waals surface area (Å²) in [6, 6.07) is 8.79. The highest BCUT2D eigenvalue weighted by molar-refractivity contribution is 5.55. The number of non-ortho nitro benzene ring substituents is 1. The number of nitrogens with zero attached hydrogens (tertiary/aromatic N) is 2. The van der Waals surface area contributed by atoms with Crippen molar-refractivity contribution >= 4 is 11.4 Å². The average molecular weight is 301 g/mol. The lowest BCUT2D eigenvalue weighted by Gasteiger charge is -2.11. The minimum absolute atomic E-state index is 0.0698. The summed E-state index contributed by atoms with van der Waals surface area (Å²) < 4.78 is 5.11. The first kappa shape index (κ1) is 15.9. The van der Waals surface area contributed by atoms with Crippen molar-refractivity contribution in [1.82, 2.24) is 4.98 Å². The van der Waals surface area contributed by atoms with E-state index in [4.69, 9.17) is 4.74 Å². The number of aromatic nitrogens is 1. The molecule has 0 saturated carbocycles. The predicted octanol–water partition coefficient (Wildman–Crippen LogP) is 3.10. The zero-order valence-electron chi connectivity index (χ0n) is 12.7. The van der Waals surface area contributed by atoms with Crippen LogP contribution in [-0.4, -0.2) is 23.6 Å². The lowest BCUT2D eigenvalue weighted by molar-refractivity contribution is -0.384. The number of nitro groups is 1. The largest absolute Gasteiger partial charge is 0.384 e. The second-order valence-corrected chi connectivity index (χ2v) is 5.02. The molecule has 0 amide bonds. The van der Waals surface area contributed by atoms with Gasteiger partial charge in [-0.2, -0.15) is 0 Å². The summed E-state index contributed by atoms with van der Waals surface area (Å²) in [5, 5.41) is 14.1. The van der Waals surface area contributed by atoms with Crippen LogP contribution >= 0.6 is 0 Å². The number of nitrogens with one attached hydrogen (secondary N) is 1. The molecule has 0 saturated heterocycles. The second-order valence-electron chi connectivity index (χ2n) is 5.02. The van der Waals surface area contributed by atoms with Gasteiger partial charge in [-0.1, -0.05) is 6.07 Å². The SMILES string of the molecule is COCc1cc([N+](=O)[O-])ccc1NCCc1ccc(C)nc1. The summed E-state index contributed by atoms with van der Waals surface area (Å²) in [4.78, 5) is 14.7. The molecule has 1 heterocycles. The van der Waals surface area contributed by atoms with Crippen LogP contribution in [0, 0.1) is 17.0 Å². The summed E-state index contributed by atoms with van der Waals surface area (Å²) in [5.41, 5.74) is 3.84. The van der Waals surface area contributed by atoms with E-state index in [2.05, 4.69) is 16.4 Å². The lowest BCUT2D eigenvalue weighted by Crippen LogP contribution is -2.08. The van der Waals surface area contributed by atoms with Crippen LogP contribution in [0.5, 0.6) is 0 Å². The first-order valence-corrected chi connectivity index (χ1v) is 7.02. The Morgan fingerprint density at radius 3 is 2.77 bits per heavy atom. The Hall–Kier alpha value is -2.47. The molecule has 0 aliphatic rings. The van der Waals surface area contributed by atoms with Crippen LogP contribution in [0.1, 0.15) is 16.8 Å². The van der Waals surface area contributed by atoms with Crippen molar-refractivity contribution < 1.29 is 9.66 Å². The van der Waals surface area contributed by atoms with Crippen LogP contribution < -0.4 is 5.32 Å². The second kappa shape index (κ2) is 7.51. The molecule has 0 bridgehead atoms. The summed E-state index contributed by atoms with van der Waals surface area (Å²) >= 11 is 0. The van der Waals surface area contributed by atoms with E-state index in [0.29, 0.717) is 6.61 Å². The third-order valence-electron chi connectivity index (χ3n) is 3.30. The Balaban J connectivity index is 2.02. The number of hydrogen-bond acceptors (Lipinski definition) is 5. The Bertz CT molecular complexity index is 642. The Labute approximate surface area is 129 Å². The number of pyridine rings is 1. The van der Waals surface area contributed by atoms with Gasteiger partial charge < -0.3 is 10.1 Å². The fourth-order valence-electron chi connectivity index (χ4n) is 2.13. The van der Waals surface area contributed by atoms with E-state index in [-0.39, 0.29) is 5.69 Å². The molecule has 0 atom stereocenters. The quantitative estimate of drug-likeness (QED) is 0.628. The molecule has 2 rings (SSSR count). The molecule has 1 N–H and O–H groups in total. The number of nitro benzene ring substituents is 1. The molecule has 2 aromatic rings. The molecular weight excluding hydrogens is 282 g/mol. The molecule has 6 nitrogen and oxygen atoms in total. The molecule has 0 fully saturated rings. The number of benzene rings is 1.